The van der Waals surface area contributed by atoms with Crippen molar-refractivity contribution in [3.8, 4) is 11.5 Å². The fourth-order valence-electron chi connectivity index (χ4n) is 1.95. The van der Waals surface area contributed by atoms with E-state index in [1.807, 2.05) is 42.5 Å². The molecule has 0 aliphatic carbocycles. The molecule has 1 N–H and O–H groups in total. The first-order chi connectivity index (χ1) is 9.72. The molecule has 2 aromatic carbocycles. The van der Waals surface area contributed by atoms with Crippen LogP contribution in [0.3, 0.4) is 0 Å². The van der Waals surface area contributed by atoms with Gasteiger partial charge in [0.05, 0.1) is 7.11 Å². The van der Waals surface area contributed by atoms with Crippen LogP contribution in [0.1, 0.15) is 17.0 Å². The Bertz CT molecular complexity index is 580. The van der Waals surface area contributed by atoms with Gasteiger partial charge in [0.1, 0.15) is 11.5 Å². The lowest BCUT2D eigenvalue weighted by atomic mass is 9.98. The Morgan fingerprint density at radius 2 is 1.70 bits per heavy atom. The van der Waals surface area contributed by atoms with Crippen LogP contribution in [0.4, 0.5) is 0 Å². The van der Waals surface area contributed by atoms with Crippen LogP contribution in [-0.4, -0.2) is 12.2 Å². The van der Waals surface area contributed by atoms with Gasteiger partial charge in [-0.3, -0.25) is 0 Å². The van der Waals surface area contributed by atoms with E-state index in [0.717, 1.165) is 16.9 Å². The van der Waals surface area contributed by atoms with E-state index >= 15 is 0 Å². The molecule has 0 unspecified atom stereocenters. The van der Waals surface area contributed by atoms with E-state index in [1.54, 1.807) is 19.2 Å². The van der Waals surface area contributed by atoms with Gasteiger partial charge in [0.2, 0.25) is 0 Å². The summed E-state index contributed by atoms with van der Waals surface area (Å²) >= 11 is 0. The summed E-state index contributed by atoms with van der Waals surface area (Å²) in [6.45, 7) is 3.87. The Morgan fingerprint density at radius 3 is 2.25 bits per heavy atom. The number of hydrogen-bond acceptors (Lipinski definition) is 2. The molecule has 20 heavy (non-hydrogen) atoms. The quantitative estimate of drug-likeness (QED) is 0.814. The van der Waals surface area contributed by atoms with Crippen LogP contribution < -0.4 is 4.74 Å². The second-order valence-electron chi connectivity index (χ2n) is 4.49. The molecule has 0 bridgehead atoms. The maximum atomic E-state index is 9.31. The van der Waals surface area contributed by atoms with Gasteiger partial charge in [0.15, 0.2) is 0 Å². The number of rotatable bonds is 5. The molecule has 0 saturated heterocycles. The van der Waals surface area contributed by atoms with Gasteiger partial charge in [0.25, 0.3) is 0 Å². The van der Waals surface area contributed by atoms with Crippen LogP contribution in [-0.2, 0) is 0 Å². The Kier molecular flexibility index (Phi) is 4.61. The van der Waals surface area contributed by atoms with Gasteiger partial charge in [-0.1, -0.05) is 42.5 Å². The molecule has 102 valence electrons. The minimum absolute atomic E-state index is 0.123. The molecule has 2 rings (SSSR count). The van der Waals surface area contributed by atoms with E-state index in [2.05, 4.69) is 18.7 Å². The molecule has 0 aliphatic heterocycles. The van der Waals surface area contributed by atoms with Gasteiger partial charge < -0.3 is 9.84 Å². The molecule has 0 aromatic heterocycles. The summed E-state index contributed by atoms with van der Waals surface area (Å²) in [4.78, 5) is 0. The molecule has 0 spiro atoms. The van der Waals surface area contributed by atoms with Crippen molar-refractivity contribution >= 4 is 6.08 Å². The molecule has 0 heterocycles. The highest BCUT2D eigenvalue weighted by Crippen LogP contribution is 2.22. The van der Waals surface area contributed by atoms with Crippen LogP contribution in [0.5, 0.6) is 11.5 Å². The first-order valence-corrected chi connectivity index (χ1v) is 6.46. The summed E-state index contributed by atoms with van der Waals surface area (Å²) in [6, 6.07) is 15.1. The van der Waals surface area contributed by atoms with Crippen LogP contribution in [0, 0.1) is 0 Å². The Labute approximate surface area is 119 Å². The molecule has 0 fully saturated rings. The third-order valence-corrected chi connectivity index (χ3v) is 3.14. The number of benzene rings is 2. The monoisotopic (exact) mass is 266 g/mol. The summed E-state index contributed by atoms with van der Waals surface area (Å²) in [5.41, 5.74) is 2.21. The van der Waals surface area contributed by atoms with Crippen molar-refractivity contribution < 1.29 is 9.84 Å². The van der Waals surface area contributed by atoms with Gasteiger partial charge in [-0.05, 0) is 35.4 Å². The Morgan fingerprint density at radius 1 is 1.05 bits per heavy atom. The normalized spacial score (nSPS) is 12.2. The fraction of sp³-hybridized carbons (Fsp3) is 0.111. The lowest BCUT2D eigenvalue weighted by Crippen LogP contribution is -1.89. The van der Waals surface area contributed by atoms with E-state index in [4.69, 9.17) is 4.74 Å². The zero-order valence-electron chi connectivity index (χ0n) is 11.5. The first-order valence-electron chi connectivity index (χ1n) is 6.46. The molecular formula is C18H18O2. The van der Waals surface area contributed by atoms with Crippen LogP contribution in [0.2, 0.25) is 0 Å². The van der Waals surface area contributed by atoms with Crippen molar-refractivity contribution in [2.75, 3.05) is 7.11 Å². The second-order valence-corrected chi connectivity index (χ2v) is 4.49. The number of phenols is 1. The summed E-state index contributed by atoms with van der Waals surface area (Å²) in [7, 11) is 1.66. The maximum absolute atomic E-state index is 9.31. The molecule has 2 nitrogen and oxygen atoms in total. The first kappa shape index (κ1) is 13.9. The average Bonchev–Trinajstić information content (AvgIpc) is 2.50. The Balaban J connectivity index is 2.14. The van der Waals surface area contributed by atoms with Crippen molar-refractivity contribution in [3.05, 3.63) is 78.4 Å². The van der Waals surface area contributed by atoms with Gasteiger partial charge in [0, 0.05) is 5.92 Å². The number of methoxy groups -OCH3 is 1. The minimum Gasteiger partial charge on any atom is -0.508 e. The van der Waals surface area contributed by atoms with Crippen LogP contribution in [0.25, 0.3) is 6.08 Å². The van der Waals surface area contributed by atoms with E-state index in [-0.39, 0.29) is 11.7 Å². The predicted octanol–water partition coefficient (Wildman–Crippen LogP) is 4.38. The Hall–Kier alpha value is -2.48. The van der Waals surface area contributed by atoms with Crippen molar-refractivity contribution in [3.63, 3.8) is 0 Å². The highest BCUT2D eigenvalue weighted by atomic mass is 16.5. The van der Waals surface area contributed by atoms with Crippen molar-refractivity contribution in [1.82, 2.24) is 0 Å². The van der Waals surface area contributed by atoms with E-state index in [1.165, 1.54) is 0 Å². The number of hydrogen-bond donors (Lipinski definition) is 1. The minimum atomic E-state index is 0.123. The topological polar surface area (TPSA) is 29.5 Å². The van der Waals surface area contributed by atoms with E-state index in [0.29, 0.717) is 0 Å². The van der Waals surface area contributed by atoms with Crippen LogP contribution in [0.15, 0.2) is 67.3 Å². The lowest BCUT2D eigenvalue weighted by molar-refractivity contribution is 0.415. The standard InChI is InChI=1S/C18H18O2/c1-3-15(16-8-10-17(19)11-9-16)7-4-14-5-12-18(20-2)13-6-14/h3-13,15,19H,1H2,2H3/b7-4-/t15-/m0/s1. The van der Waals surface area contributed by atoms with Gasteiger partial charge >= 0.3 is 0 Å². The van der Waals surface area contributed by atoms with Crippen molar-refractivity contribution in [2.24, 2.45) is 0 Å². The van der Waals surface area contributed by atoms with E-state index in [9.17, 15) is 5.11 Å². The largest absolute Gasteiger partial charge is 0.508 e. The average molecular weight is 266 g/mol. The third-order valence-electron chi connectivity index (χ3n) is 3.14. The smallest absolute Gasteiger partial charge is 0.118 e. The van der Waals surface area contributed by atoms with Gasteiger partial charge in [-0.15, -0.1) is 6.58 Å². The lowest BCUT2D eigenvalue weighted by Gasteiger charge is -2.08. The summed E-state index contributed by atoms with van der Waals surface area (Å²) in [5, 5.41) is 9.31. The second kappa shape index (κ2) is 6.62. The molecule has 2 heteroatoms. The molecule has 1 atom stereocenters. The summed E-state index contributed by atoms with van der Waals surface area (Å²) < 4.78 is 5.13. The molecule has 0 saturated carbocycles. The number of allylic oxidation sites excluding steroid dienone is 2. The summed E-state index contributed by atoms with van der Waals surface area (Å²) in [5.74, 6) is 1.24. The zero-order valence-corrected chi connectivity index (χ0v) is 11.5. The number of aromatic hydroxyl groups is 1. The third kappa shape index (κ3) is 3.51. The number of ether oxygens (including phenoxy) is 1. The van der Waals surface area contributed by atoms with Crippen molar-refractivity contribution in [2.45, 2.75) is 5.92 Å². The zero-order chi connectivity index (χ0) is 14.4. The van der Waals surface area contributed by atoms with Crippen LogP contribution >= 0.6 is 0 Å². The molecule has 0 aliphatic rings. The molecule has 2 aromatic rings. The van der Waals surface area contributed by atoms with Crippen molar-refractivity contribution in [1.29, 1.82) is 0 Å². The van der Waals surface area contributed by atoms with Gasteiger partial charge in [-0.25, -0.2) is 0 Å². The fourth-order valence-corrected chi connectivity index (χ4v) is 1.95. The van der Waals surface area contributed by atoms with Gasteiger partial charge in [-0.2, -0.15) is 0 Å². The highest BCUT2D eigenvalue weighted by Gasteiger charge is 2.03. The molecular weight excluding hydrogens is 248 g/mol. The SMILES string of the molecule is C=C[C@@H](/C=C\c1ccc(OC)cc1)c1ccc(O)cc1. The highest BCUT2D eigenvalue weighted by molar-refractivity contribution is 5.53. The van der Waals surface area contributed by atoms with E-state index < -0.39 is 0 Å². The predicted molar refractivity (Wildman–Crippen MR) is 83.1 cm³/mol. The summed E-state index contributed by atoms with van der Waals surface area (Å²) in [6.07, 6.45) is 6.02. The molecule has 0 amide bonds. The maximum Gasteiger partial charge on any atom is 0.118 e. The number of phenolic OH excluding ortho intramolecular Hbond substituents is 1. The molecule has 0 radical (unpaired) electrons.